The van der Waals surface area contributed by atoms with Crippen LogP contribution in [0.2, 0.25) is 0 Å². The fourth-order valence-electron chi connectivity index (χ4n) is 2.10. The zero-order valence-electron chi connectivity index (χ0n) is 11.6. The van der Waals surface area contributed by atoms with Crippen molar-refractivity contribution in [1.82, 2.24) is 10.3 Å². The SMILES string of the molecule is CC(C)(CCCl)CNCc1cnc2ccccc2c1. The number of alkyl halides is 1. The third kappa shape index (κ3) is 4.19. The van der Waals surface area contributed by atoms with Crippen LogP contribution in [-0.4, -0.2) is 17.4 Å². The monoisotopic (exact) mass is 276 g/mol. The number of hydrogen-bond donors (Lipinski definition) is 1. The van der Waals surface area contributed by atoms with Crippen molar-refractivity contribution in [2.24, 2.45) is 5.41 Å². The largest absolute Gasteiger partial charge is 0.312 e. The summed E-state index contributed by atoms with van der Waals surface area (Å²) in [7, 11) is 0. The number of para-hydroxylation sites is 1. The van der Waals surface area contributed by atoms with Gasteiger partial charge in [0.1, 0.15) is 0 Å². The van der Waals surface area contributed by atoms with Gasteiger partial charge in [-0.1, -0.05) is 32.0 Å². The van der Waals surface area contributed by atoms with E-state index in [1.807, 2.05) is 24.4 Å². The summed E-state index contributed by atoms with van der Waals surface area (Å²) < 4.78 is 0. The molecule has 2 rings (SSSR count). The summed E-state index contributed by atoms with van der Waals surface area (Å²) in [4.78, 5) is 4.47. The fourth-order valence-corrected chi connectivity index (χ4v) is 2.61. The lowest BCUT2D eigenvalue weighted by Crippen LogP contribution is -2.29. The lowest BCUT2D eigenvalue weighted by atomic mass is 9.90. The van der Waals surface area contributed by atoms with Crippen LogP contribution in [0.5, 0.6) is 0 Å². The van der Waals surface area contributed by atoms with Gasteiger partial charge in [-0.2, -0.15) is 0 Å². The molecule has 2 nitrogen and oxygen atoms in total. The van der Waals surface area contributed by atoms with E-state index >= 15 is 0 Å². The van der Waals surface area contributed by atoms with Crippen molar-refractivity contribution in [2.45, 2.75) is 26.8 Å². The number of nitrogens with zero attached hydrogens (tertiary/aromatic N) is 1. The van der Waals surface area contributed by atoms with Crippen molar-refractivity contribution in [2.75, 3.05) is 12.4 Å². The Morgan fingerprint density at radius 2 is 2.05 bits per heavy atom. The summed E-state index contributed by atoms with van der Waals surface area (Å²) in [5, 5.41) is 4.69. The second kappa shape index (κ2) is 6.36. The third-order valence-corrected chi connectivity index (χ3v) is 3.54. The first-order chi connectivity index (χ1) is 9.11. The van der Waals surface area contributed by atoms with Gasteiger partial charge in [0, 0.05) is 30.6 Å². The molecule has 0 saturated heterocycles. The number of fused-ring (bicyclic) bond motifs is 1. The highest BCUT2D eigenvalue weighted by molar-refractivity contribution is 6.17. The van der Waals surface area contributed by atoms with Crippen LogP contribution in [0, 0.1) is 5.41 Å². The minimum absolute atomic E-state index is 0.242. The summed E-state index contributed by atoms with van der Waals surface area (Å²) >= 11 is 5.81. The van der Waals surface area contributed by atoms with E-state index in [1.165, 1.54) is 10.9 Å². The summed E-state index contributed by atoms with van der Waals surface area (Å²) in [6.07, 6.45) is 2.97. The van der Waals surface area contributed by atoms with Gasteiger partial charge in [-0.05, 0) is 29.5 Å². The van der Waals surface area contributed by atoms with Crippen molar-refractivity contribution in [1.29, 1.82) is 0 Å². The molecule has 1 aromatic carbocycles. The van der Waals surface area contributed by atoms with Crippen LogP contribution in [0.15, 0.2) is 36.5 Å². The molecule has 0 fully saturated rings. The van der Waals surface area contributed by atoms with E-state index < -0.39 is 0 Å². The molecule has 0 unspecified atom stereocenters. The van der Waals surface area contributed by atoms with E-state index in [-0.39, 0.29) is 5.41 Å². The normalized spacial score (nSPS) is 11.9. The second-order valence-electron chi connectivity index (χ2n) is 5.74. The van der Waals surface area contributed by atoms with Crippen molar-refractivity contribution in [3.8, 4) is 0 Å². The maximum Gasteiger partial charge on any atom is 0.0702 e. The Balaban J connectivity index is 1.95. The first-order valence-corrected chi connectivity index (χ1v) is 7.24. The van der Waals surface area contributed by atoms with Gasteiger partial charge in [0.05, 0.1) is 5.52 Å². The van der Waals surface area contributed by atoms with Gasteiger partial charge >= 0.3 is 0 Å². The van der Waals surface area contributed by atoms with E-state index in [4.69, 9.17) is 11.6 Å². The minimum Gasteiger partial charge on any atom is -0.312 e. The van der Waals surface area contributed by atoms with Crippen LogP contribution in [0.1, 0.15) is 25.8 Å². The van der Waals surface area contributed by atoms with Gasteiger partial charge in [0.2, 0.25) is 0 Å². The highest BCUT2D eigenvalue weighted by atomic mass is 35.5. The molecule has 1 heterocycles. The van der Waals surface area contributed by atoms with Crippen molar-refractivity contribution in [3.63, 3.8) is 0 Å². The van der Waals surface area contributed by atoms with Crippen LogP contribution in [0.4, 0.5) is 0 Å². The van der Waals surface area contributed by atoms with E-state index in [2.05, 4.69) is 36.3 Å². The molecule has 3 heteroatoms. The highest BCUT2D eigenvalue weighted by Crippen LogP contribution is 2.20. The standard InChI is InChI=1S/C16H21ClN2/c1-16(2,7-8-17)12-18-10-13-9-14-5-3-4-6-15(14)19-11-13/h3-6,9,11,18H,7-8,10,12H2,1-2H3. The van der Waals surface area contributed by atoms with Crippen LogP contribution in [0.3, 0.4) is 0 Å². The molecule has 102 valence electrons. The van der Waals surface area contributed by atoms with Gasteiger partial charge in [0.15, 0.2) is 0 Å². The van der Waals surface area contributed by atoms with Crippen LogP contribution in [-0.2, 0) is 6.54 Å². The summed E-state index contributed by atoms with van der Waals surface area (Å²) in [5.74, 6) is 0.714. The maximum atomic E-state index is 5.81. The summed E-state index contributed by atoms with van der Waals surface area (Å²) in [5.41, 5.74) is 2.51. The Hall–Kier alpha value is -1.12. The fraction of sp³-hybridized carbons (Fsp3) is 0.438. The zero-order valence-corrected chi connectivity index (χ0v) is 12.4. The van der Waals surface area contributed by atoms with Crippen LogP contribution in [0.25, 0.3) is 10.9 Å². The molecule has 19 heavy (non-hydrogen) atoms. The molecule has 0 aliphatic carbocycles. The number of nitrogens with one attached hydrogen (secondary N) is 1. The van der Waals surface area contributed by atoms with Crippen LogP contribution >= 0.6 is 11.6 Å². The number of aromatic nitrogens is 1. The van der Waals surface area contributed by atoms with Gasteiger partial charge in [-0.3, -0.25) is 4.98 Å². The summed E-state index contributed by atoms with van der Waals surface area (Å²) in [6.45, 7) is 6.29. The molecular weight excluding hydrogens is 256 g/mol. The molecule has 0 radical (unpaired) electrons. The zero-order chi connectivity index (χ0) is 13.7. The Morgan fingerprint density at radius 3 is 2.84 bits per heavy atom. The Morgan fingerprint density at radius 1 is 1.26 bits per heavy atom. The number of rotatable bonds is 6. The van der Waals surface area contributed by atoms with E-state index in [0.29, 0.717) is 5.88 Å². The predicted octanol–water partition coefficient (Wildman–Crippen LogP) is 3.98. The average Bonchev–Trinajstić information content (AvgIpc) is 2.38. The minimum atomic E-state index is 0.242. The predicted molar refractivity (Wildman–Crippen MR) is 82.6 cm³/mol. The van der Waals surface area contributed by atoms with Gasteiger partial charge in [-0.25, -0.2) is 0 Å². The van der Waals surface area contributed by atoms with Gasteiger partial charge < -0.3 is 5.32 Å². The molecule has 0 saturated carbocycles. The van der Waals surface area contributed by atoms with Crippen molar-refractivity contribution in [3.05, 3.63) is 42.1 Å². The first kappa shape index (κ1) is 14.3. The average molecular weight is 277 g/mol. The molecule has 1 N–H and O–H groups in total. The molecule has 2 aromatic rings. The van der Waals surface area contributed by atoms with Gasteiger partial charge in [-0.15, -0.1) is 11.6 Å². The Labute approximate surface area is 120 Å². The molecule has 0 amide bonds. The second-order valence-corrected chi connectivity index (χ2v) is 6.12. The molecule has 0 atom stereocenters. The Bertz CT molecular complexity index is 537. The number of benzene rings is 1. The highest BCUT2D eigenvalue weighted by Gasteiger charge is 2.16. The molecule has 0 aliphatic heterocycles. The van der Waals surface area contributed by atoms with E-state index in [1.54, 1.807) is 0 Å². The smallest absolute Gasteiger partial charge is 0.0702 e. The quantitative estimate of drug-likeness (QED) is 0.807. The summed E-state index contributed by atoms with van der Waals surface area (Å²) in [6, 6.07) is 10.4. The topological polar surface area (TPSA) is 24.9 Å². The third-order valence-electron chi connectivity index (χ3n) is 3.35. The number of halogens is 1. The van der Waals surface area contributed by atoms with E-state index in [0.717, 1.165) is 25.0 Å². The molecule has 0 spiro atoms. The molecule has 1 aromatic heterocycles. The first-order valence-electron chi connectivity index (χ1n) is 6.71. The molecular formula is C16H21ClN2. The number of hydrogen-bond acceptors (Lipinski definition) is 2. The number of pyridine rings is 1. The van der Waals surface area contributed by atoms with Crippen molar-refractivity contribution >= 4 is 22.5 Å². The van der Waals surface area contributed by atoms with Gasteiger partial charge in [0.25, 0.3) is 0 Å². The van der Waals surface area contributed by atoms with Crippen LogP contribution < -0.4 is 5.32 Å². The maximum absolute atomic E-state index is 5.81. The lowest BCUT2D eigenvalue weighted by molar-refractivity contribution is 0.329. The van der Waals surface area contributed by atoms with E-state index in [9.17, 15) is 0 Å². The van der Waals surface area contributed by atoms with Crippen molar-refractivity contribution < 1.29 is 0 Å². The lowest BCUT2D eigenvalue weighted by Gasteiger charge is -2.23. The molecule has 0 aliphatic rings. The Kier molecular flexibility index (Phi) is 4.78. The molecule has 0 bridgehead atoms.